The molecule has 0 aliphatic heterocycles. The smallest absolute Gasteiger partial charge is 0.0476 e. The molecule has 0 nitrogen and oxygen atoms in total. The second-order valence-corrected chi connectivity index (χ2v) is 4.08. The van der Waals surface area contributed by atoms with Crippen molar-refractivity contribution in [3.63, 3.8) is 0 Å². The van der Waals surface area contributed by atoms with Crippen LogP contribution in [0.25, 0.3) is 0 Å². The highest BCUT2D eigenvalue weighted by Gasteiger charge is 2.18. The monoisotopic (exact) mass is 194 g/mol. The lowest BCUT2D eigenvalue weighted by molar-refractivity contribution is 0.717. The van der Waals surface area contributed by atoms with Crippen molar-refractivity contribution in [2.45, 2.75) is 37.5 Å². The maximum atomic E-state index is 5.91. The quantitative estimate of drug-likeness (QED) is 0.623. The normalized spacial score (nSPS) is 17.9. The number of hydrogen-bond donors (Lipinski definition) is 0. The molecule has 1 heteroatoms. The zero-order chi connectivity index (χ0) is 9.10. The van der Waals surface area contributed by atoms with E-state index >= 15 is 0 Å². The van der Waals surface area contributed by atoms with E-state index in [9.17, 15) is 0 Å². The summed E-state index contributed by atoms with van der Waals surface area (Å²) in [5.41, 5.74) is 2.83. The highest BCUT2D eigenvalue weighted by molar-refractivity contribution is 6.17. The van der Waals surface area contributed by atoms with Crippen LogP contribution in [0.1, 0.15) is 42.7 Å². The Morgan fingerprint density at radius 2 is 1.85 bits per heavy atom. The van der Waals surface area contributed by atoms with Gasteiger partial charge in [0.25, 0.3) is 0 Å². The SMILES string of the molecule is ClCc1ccccc1C1CCCC1. The maximum Gasteiger partial charge on any atom is 0.0476 e. The predicted molar refractivity (Wildman–Crippen MR) is 57.2 cm³/mol. The summed E-state index contributed by atoms with van der Waals surface area (Å²) in [6, 6.07) is 8.61. The first-order valence-electron chi connectivity index (χ1n) is 5.05. The molecule has 0 N–H and O–H groups in total. The molecule has 0 amide bonds. The zero-order valence-corrected chi connectivity index (χ0v) is 8.56. The number of rotatable bonds is 2. The van der Waals surface area contributed by atoms with Crippen LogP contribution in [0.5, 0.6) is 0 Å². The fraction of sp³-hybridized carbons (Fsp3) is 0.500. The van der Waals surface area contributed by atoms with Crippen LogP contribution in [-0.2, 0) is 5.88 Å². The van der Waals surface area contributed by atoms with Crippen molar-refractivity contribution in [1.29, 1.82) is 0 Å². The molecule has 0 spiro atoms. The van der Waals surface area contributed by atoms with Gasteiger partial charge in [-0.05, 0) is 29.9 Å². The first-order chi connectivity index (χ1) is 6.42. The number of hydrogen-bond acceptors (Lipinski definition) is 0. The second-order valence-electron chi connectivity index (χ2n) is 3.81. The third kappa shape index (κ3) is 1.88. The van der Waals surface area contributed by atoms with Gasteiger partial charge >= 0.3 is 0 Å². The first-order valence-corrected chi connectivity index (χ1v) is 5.59. The molecule has 0 atom stereocenters. The van der Waals surface area contributed by atoms with Crippen molar-refractivity contribution in [3.8, 4) is 0 Å². The van der Waals surface area contributed by atoms with Gasteiger partial charge in [0, 0.05) is 5.88 Å². The summed E-state index contributed by atoms with van der Waals surface area (Å²) in [5, 5.41) is 0. The molecular weight excluding hydrogens is 180 g/mol. The van der Waals surface area contributed by atoms with Crippen molar-refractivity contribution in [1.82, 2.24) is 0 Å². The van der Waals surface area contributed by atoms with Crippen LogP contribution in [0.2, 0.25) is 0 Å². The van der Waals surface area contributed by atoms with Gasteiger partial charge in [0.15, 0.2) is 0 Å². The average molecular weight is 195 g/mol. The van der Waals surface area contributed by atoms with Gasteiger partial charge in [-0.2, -0.15) is 0 Å². The molecule has 0 bridgehead atoms. The minimum absolute atomic E-state index is 0.659. The molecule has 70 valence electrons. The van der Waals surface area contributed by atoms with Crippen molar-refractivity contribution >= 4 is 11.6 Å². The molecule has 1 aromatic carbocycles. The van der Waals surface area contributed by atoms with Crippen LogP contribution in [0.4, 0.5) is 0 Å². The second kappa shape index (κ2) is 4.15. The molecule has 1 aliphatic carbocycles. The van der Waals surface area contributed by atoms with Crippen LogP contribution < -0.4 is 0 Å². The van der Waals surface area contributed by atoms with Crippen LogP contribution in [0.15, 0.2) is 24.3 Å². The molecule has 1 aromatic rings. The maximum absolute atomic E-state index is 5.91. The third-order valence-corrected chi connectivity index (χ3v) is 3.28. The van der Waals surface area contributed by atoms with Crippen molar-refractivity contribution in [2.24, 2.45) is 0 Å². The van der Waals surface area contributed by atoms with E-state index in [0.29, 0.717) is 5.88 Å². The van der Waals surface area contributed by atoms with Crippen molar-refractivity contribution in [2.75, 3.05) is 0 Å². The molecule has 1 aliphatic rings. The molecule has 1 fully saturated rings. The van der Waals surface area contributed by atoms with Gasteiger partial charge in [0.2, 0.25) is 0 Å². The Morgan fingerprint density at radius 1 is 1.15 bits per heavy atom. The van der Waals surface area contributed by atoms with Gasteiger partial charge in [-0.1, -0.05) is 37.1 Å². The Labute approximate surface area is 84.9 Å². The Morgan fingerprint density at radius 3 is 2.54 bits per heavy atom. The van der Waals surface area contributed by atoms with Gasteiger partial charge in [-0.15, -0.1) is 11.6 Å². The lowest BCUT2D eigenvalue weighted by atomic mass is 9.94. The van der Waals surface area contributed by atoms with Crippen LogP contribution in [-0.4, -0.2) is 0 Å². The van der Waals surface area contributed by atoms with Gasteiger partial charge in [0.1, 0.15) is 0 Å². The summed E-state index contributed by atoms with van der Waals surface area (Å²) in [7, 11) is 0. The minimum atomic E-state index is 0.659. The minimum Gasteiger partial charge on any atom is -0.122 e. The Kier molecular flexibility index (Phi) is 2.90. The van der Waals surface area contributed by atoms with Crippen LogP contribution in [0.3, 0.4) is 0 Å². The summed E-state index contributed by atoms with van der Waals surface area (Å²) in [4.78, 5) is 0. The fourth-order valence-electron chi connectivity index (χ4n) is 2.29. The molecule has 0 heterocycles. The van der Waals surface area contributed by atoms with E-state index in [1.54, 1.807) is 0 Å². The fourth-order valence-corrected chi connectivity index (χ4v) is 2.53. The zero-order valence-electron chi connectivity index (χ0n) is 7.80. The molecule has 1 saturated carbocycles. The Balaban J connectivity index is 2.26. The largest absolute Gasteiger partial charge is 0.122 e. The van der Waals surface area contributed by atoms with E-state index in [1.807, 2.05) is 0 Å². The third-order valence-electron chi connectivity index (χ3n) is 2.99. The number of halogens is 1. The molecule has 0 radical (unpaired) electrons. The first kappa shape index (κ1) is 9.08. The van der Waals surface area contributed by atoms with Crippen molar-refractivity contribution in [3.05, 3.63) is 35.4 Å². The van der Waals surface area contributed by atoms with Crippen molar-refractivity contribution < 1.29 is 0 Å². The molecule has 13 heavy (non-hydrogen) atoms. The van der Waals surface area contributed by atoms with Crippen LogP contribution >= 0.6 is 11.6 Å². The Hall–Kier alpha value is -0.490. The average Bonchev–Trinajstić information content (AvgIpc) is 2.70. The summed E-state index contributed by atoms with van der Waals surface area (Å²) in [6.45, 7) is 0. The van der Waals surface area contributed by atoms with E-state index < -0.39 is 0 Å². The summed E-state index contributed by atoms with van der Waals surface area (Å²) < 4.78 is 0. The predicted octanol–water partition coefficient (Wildman–Crippen LogP) is 4.08. The number of benzene rings is 1. The van der Waals surface area contributed by atoms with Gasteiger partial charge in [-0.25, -0.2) is 0 Å². The lowest BCUT2D eigenvalue weighted by Gasteiger charge is -2.13. The summed E-state index contributed by atoms with van der Waals surface area (Å²) in [6.07, 6.45) is 5.49. The molecule has 0 saturated heterocycles. The van der Waals surface area contributed by atoms with E-state index in [-0.39, 0.29) is 0 Å². The summed E-state index contributed by atoms with van der Waals surface area (Å²) in [5.74, 6) is 1.45. The summed E-state index contributed by atoms with van der Waals surface area (Å²) >= 11 is 5.91. The van der Waals surface area contributed by atoms with Gasteiger partial charge in [-0.3, -0.25) is 0 Å². The van der Waals surface area contributed by atoms with E-state index in [0.717, 1.165) is 5.92 Å². The Bertz CT molecular complexity index is 274. The van der Waals surface area contributed by atoms with E-state index in [2.05, 4.69) is 24.3 Å². The van der Waals surface area contributed by atoms with E-state index in [1.165, 1.54) is 36.8 Å². The molecule has 2 rings (SSSR count). The van der Waals surface area contributed by atoms with Gasteiger partial charge in [0.05, 0.1) is 0 Å². The highest BCUT2D eigenvalue weighted by Crippen LogP contribution is 2.35. The van der Waals surface area contributed by atoms with Crippen LogP contribution in [0, 0.1) is 0 Å². The topological polar surface area (TPSA) is 0 Å². The molecular formula is C12H15Cl. The standard InChI is InChI=1S/C12H15Cl/c13-9-11-7-3-4-8-12(11)10-5-1-2-6-10/h3-4,7-8,10H,1-2,5-6,9H2. The number of alkyl halides is 1. The lowest BCUT2D eigenvalue weighted by Crippen LogP contribution is -1.96. The molecule has 0 aromatic heterocycles. The van der Waals surface area contributed by atoms with Gasteiger partial charge < -0.3 is 0 Å². The van der Waals surface area contributed by atoms with E-state index in [4.69, 9.17) is 11.6 Å². The molecule has 0 unspecified atom stereocenters. The highest BCUT2D eigenvalue weighted by atomic mass is 35.5.